The Morgan fingerprint density at radius 1 is 1.45 bits per heavy atom. The van der Waals surface area contributed by atoms with Crippen LogP contribution in [0.4, 0.5) is 0 Å². The van der Waals surface area contributed by atoms with E-state index in [9.17, 15) is 9.90 Å². The number of hydrogen-bond donors (Lipinski definition) is 2. The number of carbonyl (C=O) groups is 1. The van der Waals surface area contributed by atoms with Crippen LogP contribution in [0.15, 0.2) is 40.9 Å². The second-order valence-corrected chi connectivity index (χ2v) is 6.24. The second-order valence-electron chi connectivity index (χ2n) is 5.32. The summed E-state index contributed by atoms with van der Waals surface area (Å²) in [5.74, 6) is 0.359. The Balaban J connectivity index is 1.86. The van der Waals surface area contributed by atoms with Gasteiger partial charge in [-0.3, -0.25) is 4.79 Å². The summed E-state index contributed by atoms with van der Waals surface area (Å²) in [6.45, 7) is 1.83. The number of allylic oxidation sites excluding steroid dienone is 2. The van der Waals surface area contributed by atoms with E-state index in [-0.39, 0.29) is 11.9 Å². The van der Waals surface area contributed by atoms with Crippen molar-refractivity contribution in [3.05, 3.63) is 46.5 Å². The molecule has 3 nitrogen and oxygen atoms in total. The maximum atomic E-state index is 11.9. The number of benzene rings is 1. The summed E-state index contributed by atoms with van der Waals surface area (Å²) >= 11 is 3.36. The largest absolute Gasteiger partial charge is 0.386 e. The van der Waals surface area contributed by atoms with Gasteiger partial charge in [-0.2, -0.15) is 0 Å². The molecule has 0 aliphatic heterocycles. The minimum absolute atomic E-state index is 0.00483. The van der Waals surface area contributed by atoms with Crippen LogP contribution in [0, 0.1) is 5.92 Å². The molecule has 2 N–H and O–H groups in total. The minimum Gasteiger partial charge on any atom is -0.386 e. The van der Waals surface area contributed by atoms with Crippen molar-refractivity contribution < 1.29 is 9.90 Å². The number of amides is 1. The molecule has 0 heterocycles. The molecule has 108 valence electrons. The topological polar surface area (TPSA) is 49.3 Å². The first-order valence-corrected chi connectivity index (χ1v) is 7.75. The lowest BCUT2D eigenvalue weighted by atomic mass is 10.0. The quantitative estimate of drug-likeness (QED) is 0.809. The van der Waals surface area contributed by atoms with Crippen molar-refractivity contribution in [1.82, 2.24) is 5.32 Å². The predicted octanol–water partition coefficient (Wildman–Crippen LogP) is 3.34. The van der Waals surface area contributed by atoms with Gasteiger partial charge in [0.25, 0.3) is 0 Å². The lowest BCUT2D eigenvalue weighted by Crippen LogP contribution is -2.37. The average Bonchev–Trinajstić information content (AvgIpc) is 2.91. The van der Waals surface area contributed by atoms with Gasteiger partial charge in [-0.05, 0) is 43.4 Å². The third kappa shape index (κ3) is 4.18. The number of halogens is 1. The molecular formula is C16H20BrNO2. The Morgan fingerprint density at radius 2 is 2.15 bits per heavy atom. The first-order valence-electron chi connectivity index (χ1n) is 6.96. The summed E-state index contributed by atoms with van der Waals surface area (Å²) < 4.78 is 0.971. The maximum absolute atomic E-state index is 11.9. The zero-order valence-corrected chi connectivity index (χ0v) is 13.1. The van der Waals surface area contributed by atoms with E-state index in [1.54, 1.807) is 0 Å². The average molecular weight is 338 g/mol. The fourth-order valence-electron chi connectivity index (χ4n) is 2.44. The lowest BCUT2D eigenvalue weighted by molar-refractivity contribution is -0.123. The van der Waals surface area contributed by atoms with Crippen LogP contribution in [-0.4, -0.2) is 17.1 Å². The van der Waals surface area contributed by atoms with Crippen LogP contribution in [0.25, 0.3) is 0 Å². The van der Waals surface area contributed by atoms with Gasteiger partial charge in [0, 0.05) is 10.9 Å². The fraction of sp³-hybridized carbons (Fsp3) is 0.438. The van der Waals surface area contributed by atoms with Crippen molar-refractivity contribution in [1.29, 1.82) is 0 Å². The molecule has 3 atom stereocenters. The third-order valence-electron chi connectivity index (χ3n) is 3.63. The van der Waals surface area contributed by atoms with Crippen LogP contribution in [0.1, 0.15) is 37.9 Å². The lowest BCUT2D eigenvalue weighted by Gasteiger charge is -2.21. The van der Waals surface area contributed by atoms with Crippen LogP contribution < -0.4 is 5.32 Å². The molecule has 1 aromatic rings. The standard InChI is InChI=1S/C16H20BrNO2/c1-11(16(20)13-6-8-14(17)9-7-13)18-15(19)10-12-4-2-3-5-12/h2,4,6-9,11-12,16,20H,3,5,10H2,1H3,(H,18,19). The van der Waals surface area contributed by atoms with E-state index in [0.717, 1.165) is 22.9 Å². The highest BCUT2D eigenvalue weighted by Crippen LogP contribution is 2.22. The molecule has 1 amide bonds. The van der Waals surface area contributed by atoms with Gasteiger partial charge in [0.05, 0.1) is 12.1 Å². The number of rotatable bonds is 5. The van der Waals surface area contributed by atoms with E-state index >= 15 is 0 Å². The zero-order chi connectivity index (χ0) is 14.5. The summed E-state index contributed by atoms with van der Waals surface area (Å²) in [6, 6.07) is 7.19. The number of nitrogens with one attached hydrogen (secondary N) is 1. The van der Waals surface area contributed by atoms with Crippen molar-refractivity contribution in [3.63, 3.8) is 0 Å². The van der Waals surface area contributed by atoms with Crippen molar-refractivity contribution in [2.75, 3.05) is 0 Å². The molecule has 1 aliphatic rings. The van der Waals surface area contributed by atoms with Crippen molar-refractivity contribution in [3.8, 4) is 0 Å². The van der Waals surface area contributed by atoms with Gasteiger partial charge in [0.2, 0.25) is 5.91 Å². The Morgan fingerprint density at radius 3 is 2.75 bits per heavy atom. The van der Waals surface area contributed by atoms with E-state index in [1.807, 2.05) is 31.2 Å². The summed E-state index contributed by atoms with van der Waals surface area (Å²) in [6.07, 6.45) is 6.17. The smallest absolute Gasteiger partial charge is 0.220 e. The molecule has 0 saturated heterocycles. The van der Waals surface area contributed by atoms with Crippen LogP contribution in [0.5, 0.6) is 0 Å². The highest BCUT2D eigenvalue weighted by Gasteiger charge is 2.20. The third-order valence-corrected chi connectivity index (χ3v) is 4.16. The van der Waals surface area contributed by atoms with Crippen LogP contribution in [0.2, 0.25) is 0 Å². The maximum Gasteiger partial charge on any atom is 0.220 e. The summed E-state index contributed by atoms with van der Waals surface area (Å²) in [7, 11) is 0. The Bertz CT molecular complexity index is 484. The SMILES string of the molecule is CC(NC(=O)CC1C=CCC1)C(O)c1ccc(Br)cc1. The molecule has 0 radical (unpaired) electrons. The zero-order valence-electron chi connectivity index (χ0n) is 11.6. The number of hydrogen-bond acceptors (Lipinski definition) is 2. The molecule has 0 bridgehead atoms. The molecule has 0 fully saturated rings. The molecule has 1 aliphatic carbocycles. The van der Waals surface area contributed by atoms with E-state index in [2.05, 4.69) is 33.4 Å². The molecule has 4 heteroatoms. The highest BCUT2D eigenvalue weighted by molar-refractivity contribution is 9.10. The van der Waals surface area contributed by atoms with Gasteiger partial charge in [-0.25, -0.2) is 0 Å². The van der Waals surface area contributed by atoms with Gasteiger partial charge < -0.3 is 10.4 Å². The van der Waals surface area contributed by atoms with E-state index in [0.29, 0.717) is 12.3 Å². The fourth-order valence-corrected chi connectivity index (χ4v) is 2.71. The molecule has 2 rings (SSSR count). The van der Waals surface area contributed by atoms with Crippen LogP contribution in [0.3, 0.4) is 0 Å². The Labute approximate surface area is 128 Å². The van der Waals surface area contributed by atoms with Gasteiger partial charge in [-0.15, -0.1) is 0 Å². The highest BCUT2D eigenvalue weighted by atomic mass is 79.9. The monoisotopic (exact) mass is 337 g/mol. The first kappa shape index (κ1) is 15.3. The summed E-state index contributed by atoms with van der Waals surface area (Å²) in [5, 5.41) is 13.1. The van der Waals surface area contributed by atoms with Gasteiger partial charge in [0.15, 0.2) is 0 Å². The van der Waals surface area contributed by atoms with Crippen molar-refractivity contribution in [2.24, 2.45) is 5.92 Å². The Kier molecular flexibility index (Phi) is 5.38. The van der Waals surface area contributed by atoms with Gasteiger partial charge in [0.1, 0.15) is 0 Å². The number of aliphatic hydroxyl groups is 1. The predicted molar refractivity (Wildman–Crippen MR) is 83.2 cm³/mol. The molecular weight excluding hydrogens is 318 g/mol. The van der Waals surface area contributed by atoms with Crippen molar-refractivity contribution >= 4 is 21.8 Å². The molecule has 0 aromatic heterocycles. The van der Waals surface area contributed by atoms with E-state index < -0.39 is 6.10 Å². The molecule has 20 heavy (non-hydrogen) atoms. The Hall–Kier alpha value is -1.13. The van der Waals surface area contributed by atoms with E-state index in [4.69, 9.17) is 0 Å². The van der Waals surface area contributed by atoms with Crippen LogP contribution >= 0.6 is 15.9 Å². The molecule has 1 aromatic carbocycles. The number of carbonyl (C=O) groups excluding carboxylic acids is 1. The van der Waals surface area contributed by atoms with Crippen LogP contribution in [-0.2, 0) is 4.79 Å². The van der Waals surface area contributed by atoms with Gasteiger partial charge >= 0.3 is 0 Å². The molecule has 0 spiro atoms. The van der Waals surface area contributed by atoms with Crippen molar-refractivity contribution in [2.45, 2.75) is 38.3 Å². The minimum atomic E-state index is -0.689. The summed E-state index contributed by atoms with van der Waals surface area (Å²) in [4.78, 5) is 11.9. The normalized spacial score (nSPS) is 20.6. The van der Waals surface area contributed by atoms with E-state index in [1.165, 1.54) is 0 Å². The van der Waals surface area contributed by atoms with Gasteiger partial charge in [-0.1, -0.05) is 40.2 Å². The first-order chi connectivity index (χ1) is 9.56. The molecule has 3 unspecified atom stereocenters. The number of aliphatic hydroxyl groups excluding tert-OH is 1. The second kappa shape index (κ2) is 7.04. The summed E-state index contributed by atoms with van der Waals surface area (Å²) in [5.41, 5.74) is 0.807. The molecule has 0 saturated carbocycles.